The molecule has 0 aliphatic carbocycles. The molecule has 0 heterocycles. The Labute approximate surface area is 42.5 Å². The van der Waals surface area contributed by atoms with E-state index in [1.807, 2.05) is 14.1 Å². The van der Waals surface area contributed by atoms with Crippen molar-refractivity contribution in [3.8, 4) is 0 Å². The second kappa shape index (κ2) is 20.5. The summed E-state index contributed by atoms with van der Waals surface area (Å²) >= 11 is 4.32. The molecule has 0 bridgehead atoms. The Morgan fingerprint density at radius 1 is 1.67 bits per heavy atom. The van der Waals surface area contributed by atoms with Crippen LogP contribution < -0.4 is 5.32 Å². The van der Waals surface area contributed by atoms with E-state index in [0.717, 1.165) is 0 Å². The average molecular weight is 110 g/mol. The molecule has 0 aliphatic rings. The van der Waals surface area contributed by atoms with Crippen LogP contribution in [0.1, 0.15) is 0 Å². The van der Waals surface area contributed by atoms with Crippen LogP contribution >= 0.6 is 11.6 Å². The highest BCUT2D eigenvalue weighted by Crippen LogP contribution is 1.42. The Morgan fingerprint density at radius 3 is 1.67 bits per heavy atom. The van der Waals surface area contributed by atoms with Gasteiger partial charge in [-0.25, -0.2) is 0 Å². The minimum Gasteiger partial charge on any atom is -0.323 e. The summed E-state index contributed by atoms with van der Waals surface area (Å²) in [6.07, 6.45) is 0. The average Bonchev–Trinajstić information content (AvgIpc) is 1.39. The maximum atomic E-state index is 8.57. The van der Waals surface area contributed by atoms with E-state index in [-0.39, 0.29) is 5.75 Å². The third-order valence-electron chi connectivity index (χ3n) is 0. The second-order valence-electron chi connectivity index (χ2n) is 0.589. The van der Waals surface area contributed by atoms with E-state index in [2.05, 4.69) is 16.9 Å². The maximum Gasteiger partial charge on any atom is 0.208 e. The molecule has 0 rings (SSSR count). The van der Waals surface area contributed by atoms with Crippen molar-refractivity contribution >= 4 is 17.3 Å². The number of nitrogens with one attached hydrogen (secondary N) is 1. The summed E-state index contributed by atoms with van der Waals surface area (Å²) in [6, 6.07) is 0. The minimum absolute atomic E-state index is 0.222. The van der Waals surface area contributed by atoms with Gasteiger partial charge in [0.05, 0.1) is 0 Å². The third-order valence-corrected chi connectivity index (χ3v) is 0. The van der Waals surface area contributed by atoms with Gasteiger partial charge >= 0.3 is 0 Å². The van der Waals surface area contributed by atoms with Crippen LogP contribution in [0, 0.1) is 0 Å². The highest BCUT2D eigenvalue weighted by Gasteiger charge is 1.28. The topological polar surface area (TPSA) is 29.1 Å². The molecule has 0 amide bonds. The lowest BCUT2D eigenvalue weighted by Crippen LogP contribution is -1.89. The summed E-state index contributed by atoms with van der Waals surface area (Å²) in [5.41, 5.74) is 0. The summed E-state index contributed by atoms with van der Waals surface area (Å²) in [5, 5.41) is 2.75. The first-order valence-electron chi connectivity index (χ1n) is 1.45. The monoisotopic (exact) mass is 109 g/mol. The number of carbonyl (C=O) groups excluding carboxylic acids is 1. The number of hydrogen-bond acceptors (Lipinski definition) is 2. The molecule has 0 fully saturated rings. The van der Waals surface area contributed by atoms with Crippen LogP contribution in [0.3, 0.4) is 0 Å². The summed E-state index contributed by atoms with van der Waals surface area (Å²) < 4.78 is 0. The predicted molar refractivity (Wildman–Crippen MR) is 27.6 cm³/mol. The van der Waals surface area contributed by atoms with Crippen molar-refractivity contribution in [2.75, 3.05) is 14.1 Å². The summed E-state index contributed by atoms with van der Waals surface area (Å²) in [5.74, 6) is 0.222. The van der Waals surface area contributed by atoms with E-state index in [1.54, 1.807) is 0 Å². The molecule has 0 radical (unpaired) electrons. The third kappa shape index (κ3) is 5220. The number of rotatable bonds is 0. The number of halogens is 1. The molecule has 1 N–H and O–H groups in total. The molecule has 0 unspecified atom stereocenters. The van der Waals surface area contributed by atoms with Gasteiger partial charge in [-0.05, 0) is 25.7 Å². The molecular weight excluding hydrogens is 101 g/mol. The molecule has 0 aromatic rings. The standard InChI is InChI=1S/C2H7N.CHClO/c1-3-2;2-1-3/h3H,1-2H3;1H. The molecule has 0 aromatic carbocycles. The van der Waals surface area contributed by atoms with Crippen LogP contribution in [-0.2, 0) is 4.79 Å². The van der Waals surface area contributed by atoms with E-state index in [0.29, 0.717) is 0 Å². The van der Waals surface area contributed by atoms with Gasteiger partial charge < -0.3 is 5.32 Å². The smallest absolute Gasteiger partial charge is 0.208 e. The fourth-order valence-corrected chi connectivity index (χ4v) is 0. The Hall–Kier alpha value is -0.0800. The van der Waals surface area contributed by atoms with Gasteiger partial charge in [0.2, 0.25) is 5.75 Å². The lowest BCUT2D eigenvalue weighted by atomic mass is 11.3. The Kier molecular flexibility index (Phi) is 31.9. The van der Waals surface area contributed by atoms with Crippen LogP contribution in [0.2, 0.25) is 0 Å². The van der Waals surface area contributed by atoms with Gasteiger partial charge in [0.25, 0.3) is 0 Å². The first-order chi connectivity index (χ1) is 2.83. The molecule has 0 spiro atoms. The molecule has 0 atom stereocenters. The van der Waals surface area contributed by atoms with Crippen LogP contribution in [-0.4, -0.2) is 19.8 Å². The van der Waals surface area contributed by atoms with Crippen LogP contribution in [0.4, 0.5) is 0 Å². The zero-order chi connectivity index (χ0) is 5.41. The van der Waals surface area contributed by atoms with Gasteiger partial charge in [-0.3, -0.25) is 4.79 Å². The molecule has 0 aliphatic heterocycles. The van der Waals surface area contributed by atoms with Crippen molar-refractivity contribution in [2.24, 2.45) is 0 Å². The SMILES string of the molecule is CNC.O=CCl. The zero-order valence-corrected chi connectivity index (χ0v) is 4.62. The van der Waals surface area contributed by atoms with Crippen LogP contribution in [0.15, 0.2) is 0 Å². The first-order valence-corrected chi connectivity index (χ1v) is 1.89. The predicted octanol–water partition coefficient (Wildman–Crippen LogP) is 0.251. The second-order valence-corrected chi connectivity index (χ2v) is 0.767. The van der Waals surface area contributed by atoms with Gasteiger partial charge in [-0.15, -0.1) is 0 Å². The van der Waals surface area contributed by atoms with Gasteiger partial charge in [-0.1, -0.05) is 0 Å². The molecule has 2 nitrogen and oxygen atoms in total. The van der Waals surface area contributed by atoms with Gasteiger partial charge in [0.1, 0.15) is 0 Å². The fraction of sp³-hybridized carbons (Fsp3) is 0.667. The molecule has 0 saturated heterocycles. The van der Waals surface area contributed by atoms with Crippen molar-refractivity contribution in [3.05, 3.63) is 0 Å². The van der Waals surface area contributed by atoms with Gasteiger partial charge in [0.15, 0.2) is 0 Å². The Morgan fingerprint density at radius 2 is 1.67 bits per heavy atom. The summed E-state index contributed by atoms with van der Waals surface area (Å²) in [4.78, 5) is 8.57. The number of carbonyl (C=O) groups is 1. The first kappa shape index (κ1) is 9.33. The molecule has 38 valence electrons. The Bertz CT molecular complexity index is 24.8. The quantitative estimate of drug-likeness (QED) is 0.357. The van der Waals surface area contributed by atoms with E-state index in [9.17, 15) is 0 Å². The molecule has 3 heteroatoms. The maximum absolute atomic E-state index is 8.57. The highest BCUT2D eigenvalue weighted by atomic mass is 35.5. The molecule has 6 heavy (non-hydrogen) atoms. The molecule has 0 aromatic heterocycles. The van der Waals surface area contributed by atoms with Crippen molar-refractivity contribution in [2.45, 2.75) is 0 Å². The lowest BCUT2D eigenvalue weighted by Gasteiger charge is -1.59. The van der Waals surface area contributed by atoms with E-state index >= 15 is 0 Å². The van der Waals surface area contributed by atoms with Crippen molar-refractivity contribution in [1.82, 2.24) is 5.32 Å². The van der Waals surface area contributed by atoms with E-state index < -0.39 is 0 Å². The summed E-state index contributed by atoms with van der Waals surface area (Å²) in [6.45, 7) is 0. The van der Waals surface area contributed by atoms with Crippen molar-refractivity contribution in [3.63, 3.8) is 0 Å². The van der Waals surface area contributed by atoms with Gasteiger partial charge in [0, 0.05) is 0 Å². The largest absolute Gasteiger partial charge is 0.323 e. The van der Waals surface area contributed by atoms with Crippen LogP contribution in [0.25, 0.3) is 0 Å². The van der Waals surface area contributed by atoms with E-state index in [4.69, 9.17) is 4.79 Å². The van der Waals surface area contributed by atoms with E-state index in [1.165, 1.54) is 0 Å². The van der Waals surface area contributed by atoms with Crippen molar-refractivity contribution in [1.29, 1.82) is 0 Å². The Balaban J connectivity index is 0. The van der Waals surface area contributed by atoms with Crippen LogP contribution in [0.5, 0.6) is 0 Å². The summed E-state index contributed by atoms with van der Waals surface area (Å²) in [7, 11) is 3.75. The highest BCUT2D eigenvalue weighted by molar-refractivity contribution is 6.54. The fourth-order valence-electron chi connectivity index (χ4n) is 0. The van der Waals surface area contributed by atoms with Gasteiger partial charge in [-0.2, -0.15) is 0 Å². The normalized spacial score (nSPS) is 5.17. The lowest BCUT2D eigenvalue weighted by molar-refractivity contribution is 0.569. The van der Waals surface area contributed by atoms with Crippen molar-refractivity contribution < 1.29 is 4.79 Å². The zero-order valence-electron chi connectivity index (χ0n) is 3.86. The molecule has 0 saturated carbocycles. The number of hydrogen-bond donors (Lipinski definition) is 1. The molecular formula is C3H8ClNO. The minimum atomic E-state index is 0.222.